The molecule has 1 unspecified atom stereocenters. The van der Waals surface area contributed by atoms with Gasteiger partial charge in [-0.15, -0.1) is 0 Å². The minimum Gasteiger partial charge on any atom is -0.383 e. The summed E-state index contributed by atoms with van der Waals surface area (Å²) in [7, 11) is 1.80. The summed E-state index contributed by atoms with van der Waals surface area (Å²) >= 11 is 0. The van der Waals surface area contributed by atoms with Crippen LogP contribution in [0.1, 0.15) is 45.4 Å². The van der Waals surface area contributed by atoms with Crippen molar-refractivity contribution in [3.05, 3.63) is 0 Å². The highest BCUT2D eigenvalue weighted by molar-refractivity contribution is 4.75. The maximum atomic E-state index is 5.22. The monoisotopic (exact) mass is 199 g/mol. The summed E-state index contributed by atoms with van der Waals surface area (Å²) in [5, 5.41) is 3.63. The zero-order valence-corrected chi connectivity index (χ0v) is 9.72. The molecule has 0 bridgehead atoms. The topological polar surface area (TPSA) is 21.3 Å². The molecule has 1 aliphatic rings. The lowest BCUT2D eigenvalue weighted by atomic mass is 9.85. The summed E-state index contributed by atoms with van der Waals surface area (Å²) < 4.78 is 5.22. The Balaban J connectivity index is 2.06. The number of ether oxygens (including phenoxy) is 1. The van der Waals surface area contributed by atoms with Crippen LogP contribution in [0.25, 0.3) is 0 Å². The van der Waals surface area contributed by atoms with E-state index in [1.165, 1.54) is 45.1 Å². The molecule has 1 atom stereocenters. The number of methoxy groups -OCH3 is 1. The second-order valence-electron chi connectivity index (χ2n) is 4.50. The van der Waals surface area contributed by atoms with E-state index >= 15 is 0 Å². The Labute approximate surface area is 88.4 Å². The number of nitrogens with one attached hydrogen (secondary N) is 1. The van der Waals surface area contributed by atoms with Crippen molar-refractivity contribution in [1.82, 2.24) is 5.32 Å². The third-order valence-electron chi connectivity index (χ3n) is 3.19. The lowest BCUT2D eigenvalue weighted by Gasteiger charge is -2.28. The van der Waals surface area contributed by atoms with Crippen LogP contribution in [0, 0.1) is 5.92 Å². The van der Waals surface area contributed by atoms with Gasteiger partial charge in [-0.05, 0) is 31.7 Å². The lowest BCUT2D eigenvalue weighted by Crippen LogP contribution is -2.38. The molecule has 0 aliphatic heterocycles. The van der Waals surface area contributed by atoms with Crippen molar-refractivity contribution in [3.63, 3.8) is 0 Å². The minimum absolute atomic E-state index is 0.584. The van der Waals surface area contributed by atoms with Crippen LogP contribution in [0.5, 0.6) is 0 Å². The summed E-state index contributed by atoms with van der Waals surface area (Å²) in [4.78, 5) is 0. The van der Waals surface area contributed by atoms with E-state index in [0.29, 0.717) is 6.04 Å². The van der Waals surface area contributed by atoms with Crippen LogP contribution in [0.15, 0.2) is 0 Å². The van der Waals surface area contributed by atoms with Crippen LogP contribution in [-0.2, 0) is 4.74 Å². The summed E-state index contributed by atoms with van der Waals surface area (Å²) in [6.07, 6.45) is 8.16. The van der Waals surface area contributed by atoms with Gasteiger partial charge in [0, 0.05) is 13.2 Å². The summed E-state index contributed by atoms with van der Waals surface area (Å²) in [5.74, 6) is 0.955. The van der Waals surface area contributed by atoms with Crippen LogP contribution >= 0.6 is 0 Å². The quantitative estimate of drug-likeness (QED) is 0.649. The van der Waals surface area contributed by atoms with E-state index in [0.717, 1.165) is 12.5 Å². The fourth-order valence-electron chi connectivity index (χ4n) is 1.93. The predicted octanol–water partition coefficient (Wildman–Crippen LogP) is 2.58. The Bertz CT molecular complexity index is 134. The molecule has 14 heavy (non-hydrogen) atoms. The van der Waals surface area contributed by atoms with Gasteiger partial charge in [-0.1, -0.05) is 26.2 Å². The first-order chi connectivity index (χ1) is 6.86. The molecule has 0 amide bonds. The van der Waals surface area contributed by atoms with Crippen LogP contribution in [0.4, 0.5) is 0 Å². The third kappa shape index (κ3) is 4.43. The average Bonchev–Trinajstić information content (AvgIpc) is 2.11. The average molecular weight is 199 g/mol. The second kappa shape index (κ2) is 7.24. The maximum Gasteiger partial charge on any atom is 0.0615 e. The molecule has 0 aromatic rings. The van der Waals surface area contributed by atoms with Crippen molar-refractivity contribution in [2.24, 2.45) is 5.92 Å². The van der Waals surface area contributed by atoms with Crippen LogP contribution in [-0.4, -0.2) is 26.3 Å². The van der Waals surface area contributed by atoms with Gasteiger partial charge in [0.1, 0.15) is 0 Å². The fourth-order valence-corrected chi connectivity index (χ4v) is 1.93. The molecular weight excluding hydrogens is 174 g/mol. The highest BCUT2D eigenvalue weighted by atomic mass is 16.5. The van der Waals surface area contributed by atoms with E-state index in [2.05, 4.69) is 12.2 Å². The summed E-state index contributed by atoms with van der Waals surface area (Å²) in [6.45, 7) is 4.32. The first-order valence-electron chi connectivity index (χ1n) is 6.09. The molecule has 0 aromatic heterocycles. The van der Waals surface area contributed by atoms with E-state index in [9.17, 15) is 0 Å². The molecule has 84 valence electrons. The smallest absolute Gasteiger partial charge is 0.0615 e. The van der Waals surface area contributed by atoms with E-state index in [1.807, 2.05) is 0 Å². The van der Waals surface area contributed by atoms with Crippen LogP contribution in [0.2, 0.25) is 0 Å². The first kappa shape index (κ1) is 12.0. The molecule has 1 N–H and O–H groups in total. The number of hydrogen-bond acceptors (Lipinski definition) is 2. The van der Waals surface area contributed by atoms with E-state index in [-0.39, 0.29) is 0 Å². The molecule has 0 saturated heterocycles. The van der Waals surface area contributed by atoms with Crippen molar-refractivity contribution in [3.8, 4) is 0 Å². The van der Waals surface area contributed by atoms with Gasteiger partial charge in [0.25, 0.3) is 0 Å². The van der Waals surface area contributed by atoms with Gasteiger partial charge < -0.3 is 10.1 Å². The number of hydrogen-bond donors (Lipinski definition) is 1. The van der Waals surface area contributed by atoms with E-state index < -0.39 is 0 Å². The van der Waals surface area contributed by atoms with Gasteiger partial charge in [0.05, 0.1) is 6.61 Å². The van der Waals surface area contributed by atoms with Crippen molar-refractivity contribution < 1.29 is 4.74 Å². The van der Waals surface area contributed by atoms with Gasteiger partial charge >= 0.3 is 0 Å². The molecule has 0 spiro atoms. The molecule has 1 fully saturated rings. The van der Waals surface area contributed by atoms with Gasteiger partial charge in [0.15, 0.2) is 0 Å². The standard InChI is InChI=1S/C12H25NO/c1-3-4-8-12(10-14-2)13-9-11-6-5-7-11/h11-13H,3-10H2,1-2H3. The highest BCUT2D eigenvalue weighted by Gasteiger charge is 2.18. The fraction of sp³-hybridized carbons (Fsp3) is 1.00. The Kier molecular flexibility index (Phi) is 6.20. The van der Waals surface area contributed by atoms with Gasteiger partial charge in [-0.2, -0.15) is 0 Å². The van der Waals surface area contributed by atoms with Crippen LogP contribution in [0.3, 0.4) is 0 Å². The Morgan fingerprint density at radius 3 is 2.71 bits per heavy atom. The number of rotatable bonds is 8. The van der Waals surface area contributed by atoms with Gasteiger partial charge in [-0.25, -0.2) is 0 Å². The lowest BCUT2D eigenvalue weighted by molar-refractivity contribution is 0.154. The van der Waals surface area contributed by atoms with E-state index in [1.54, 1.807) is 7.11 Å². The highest BCUT2D eigenvalue weighted by Crippen LogP contribution is 2.25. The molecule has 2 nitrogen and oxygen atoms in total. The third-order valence-corrected chi connectivity index (χ3v) is 3.19. The minimum atomic E-state index is 0.584. The Morgan fingerprint density at radius 1 is 1.43 bits per heavy atom. The van der Waals surface area contributed by atoms with Crippen molar-refractivity contribution in [1.29, 1.82) is 0 Å². The molecule has 1 saturated carbocycles. The predicted molar refractivity (Wildman–Crippen MR) is 60.5 cm³/mol. The van der Waals surface area contributed by atoms with Gasteiger partial charge in [-0.3, -0.25) is 0 Å². The van der Waals surface area contributed by atoms with Crippen molar-refractivity contribution >= 4 is 0 Å². The normalized spacial score (nSPS) is 19.3. The molecule has 1 aliphatic carbocycles. The zero-order valence-electron chi connectivity index (χ0n) is 9.72. The second-order valence-corrected chi connectivity index (χ2v) is 4.50. The number of unbranched alkanes of at least 4 members (excludes halogenated alkanes) is 1. The molecule has 0 aromatic carbocycles. The van der Waals surface area contributed by atoms with Crippen LogP contribution < -0.4 is 5.32 Å². The van der Waals surface area contributed by atoms with Gasteiger partial charge in [0.2, 0.25) is 0 Å². The summed E-state index contributed by atoms with van der Waals surface area (Å²) in [6, 6.07) is 0.584. The summed E-state index contributed by atoms with van der Waals surface area (Å²) in [5.41, 5.74) is 0. The molecule has 0 radical (unpaired) electrons. The molecule has 1 rings (SSSR count). The van der Waals surface area contributed by atoms with Crippen molar-refractivity contribution in [2.75, 3.05) is 20.3 Å². The maximum absolute atomic E-state index is 5.22. The molecular formula is C12H25NO. The first-order valence-corrected chi connectivity index (χ1v) is 6.09. The Hall–Kier alpha value is -0.0800. The Morgan fingerprint density at radius 2 is 2.21 bits per heavy atom. The zero-order chi connectivity index (χ0) is 10.2. The molecule has 0 heterocycles. The molecule has 2 heteroatoms. The largest absolute Gasteiger partial charge is 0.383 e. The van der Waals surface area contributed by atoms with Crippen molar-refractivity contribution in [2.45, 2.75) is 51.5 Å². The van der Waals surface area contributed by atoms with E-state index in [4.69, 9.17) is 4.74 Å². The SMILES string of the molecule is CCCCC(COC)NCC1CCC1.